The van der Waals surface area contributed by atoms with Gasteiger partial charge in [-0.25, -0.2) is 4.79 Å². The lowest BCUT2D eigenvalue weighted by Gasteiger charge is -2.43. The van der Waals surface area contributed by atoms with E-state index < -0.39 is 17.4 Å². The van der Waals surface area contributed by atoms with Crippen molar-refractivity contribution in [2.24, 2.45) is 5.41 Å². The number of carboxylic acids is 1. The number of hydrogen-bond donors (Lipinski definition) is 1. The van der Waals surface area contributed by atoms with E-state index in [9.17, 15) is 14.7 Å². The molecule has 1 fully saturated rings. The van der Waals surface area contributed by atoms with Crippen molar-refractivity contribution in [3.05, 3.63) is 5.57 Å². The van der Waals surface area contributed by atoms with E-state index in [2.05, 4.69) is 0 Å². The van der Waals surface area contributed by atoms with Crippen LogP contribution < -0.4 is 0 Å². The number of hydroxylamine groups is 2. The molecule has 0 aromatic rings. The SMILES string of the molecule is CCON1CCC(=C=O)C(C)(C)C1C(=O)O. The van der Waals surface area contributed by atoms with Crippen LogP contribution in [0.5, 0.6) is 0 Å². The number of carbonyl (C=O) groups is 1. The minimum Gasteiger partial charge on any atom is -0.480 e. The zero-order valence-electron chi connectivity index (χ0n) is 9.82. The maximum Gasteiger partial charge on any atom is 0.324 e. The van der Waals surface area contributed by atoms with Crippen LogP contribution in [0.25, 0.3) is 0 Å². The molecule has 1 aliphatic heterocycles. The van der Waals surface area contributed by atoms with Gasteiger partial charge in [0, 0.05) is 17.5 Å². The van der Waals surface area contributed by atoms with Gasteiger partial charge in [0.05, 0.1) is 6.61 Å². The summed E-state index contributed by atoms with van der Waals surface area (Å²) in [6.07, 6.45) is 0.500. The third kappa shape index (κ3) is 2.16. The number of nitrogens with zero attached hydrogens (tertiary/aromatic N) is 1. The lowest BCUT2D eigenvalue weighted by atomic mass is 9.74. The Morgan fingerprint density at radius 1 is 1.69 bits per heavy atom. The first kappa shape index (κ1) is 12.9. The second-order valence-corrected chi connectivity index (χ2v) is 4.35. The van der Waals surface area contributed by atoms with Crippen molar-refractivity contribution >= 4 is 11.9 Å². The predicted octanol–water partition coefficient (Wildman–Crippen LogP) is 0.881. The molecule has 1 rings (SSSR count). The van der Waals surface area contributed by atoms with Crippen molar-refractivity contribution < 1.29 is 19.5 Å². The zero-order chi connectivity index (χ0) is 12.3. The Hall–Kier alpha value is -1.16. The summed E-state index contributed by atoms with van der Waals surface area (Å²) in [6.45, 7) is 6.10. The van der Waals surface area contributed by atoms with E-state index in [1.165, 1.54) is 5.06 Å². The first-order valence-corrected chi connectivity index (χ1v) is 5.32. The van der Waals surface area contributed by atoms with Gasteiger partial charge in [0.25, 0.3) is 0 Å². The normalized spacial score (nSPS) is 25.2. The van der Waals surface area contributed by atoms with Crippen LogP contribution in [0.1, 0.15) is 27.2 Å². The molecule has 0 aromatic heterocycles. The van der Waals surface area contributed by atoms with Gasteiger partial charge < -0.3 is 5.11 Å². The van der Waals surface area contributed by atoms with Crippen LogP contribution in [0.15, 0.2) is 5.57 Å². The van der Waals surface area contributed by atoms with Crippen molar-refractivity contribution in [2.75, 3.05) is 13.2 Å². The largest absolute Gasteiger partial charge is 0.480 e. The summed E-state index contributed by atoms with van der Waals surface area (Å²) >= 11 is 0. The van der Waals surface area contributed by atoms with Gasteiger partial charge in [-0.1, -0.05) is 13.8 Å². The number of piperidine rings is 1. The number of rotatable bonds is 3. The molecule has 5 heteroatoms. The highest BCUT2D eigenvalue weighted by molar-refractivity contribution is 5.77. The van der Waals surface area contributed by atoms with E-state index in [1.807, 2.05) is 5.94 Å². The van der Waals surface area contributed by atoms with Gasteiger partial charge >= 0.3 is 5.97 Å². The van der Waals surface area contributed by atoms with Gasteiger partial charge in [0.15, 0.2) is 0 Å². The molecular formula is C11H17NO4. The van der Waals surface area contributed by atoms with Gasteiger partial charge in [0.2, 0.25) is 0 Å². The molecule has 0 spiro atoms. The van der Waals surface area contributed by atoms with E-state index in [4.69, 9.17) is 4.84 Å². The van der Waals surface area contributed by atoms with Gasteiger partial charge in [-0.3, -0.25) is 9.63 Å². The van der Waals surface area contributed by atoms with Gasteiger partial charge in [0.1, 0.15) is 12.0 Å². The van der Waals surface area contributed by atoms with Crippen molar-refractivity contribution in [1.82, 2.24) is 5.06 Å². The molecular weight excluding hydrogens is 210 g/mol. The molecule has 16 heavy (non-hydrogen) atoms. The number of carbonyl (C=O) groups excluding carboxylic acids is 1. The molecule has 0 aliphatic carbocycles. The summed E-state index contributed by atoms with van der Waals surface area (Å²) in [7, 11) is 0. The van der Waals surface area contributed by atoms with Gasteiger partial charge in [-0.15, -0.1) is 0 Å². The molecule has 5 nitrogen and oxygen atoms in total. The topological polar surface area (TPSA) is 66.8 Å². The number of carboxylic acid groups (broad SMARTS) is 1. The van der Waals surface area contributed by atoms with Gasteiger partial charge in [-0.2, -0.15) is 5.06 Å². The Bertz CT molecular complexity index is 331. The number of aliphatic carboxylic acids is 1. The molecule has 90 valence electrons. The van der Waals surface area contributed by atoms with Crippen LogP contribution in [-0.2, 0) is 14.4 Å². The molecule has 1 aliphatic rings. The molecule has 0 amide bonds. The average Bonchev–Trinajstić information content (AvgIpc) is 2.16. The number of hydrogen-bond acceptors (Lipinski definition) is 4. The molecule has 0 aromatic carbocycles. The first-order valence-electron chi connectivity index (χ1n) is 5.32. The standard InChI is InChI=1S/C11H17NO4/c1-4-16-12-6-5-8(7-13)11(2,3)9(12)10(14)15/h9H,4-6H2,1-3H3,(H,14,15). The van der Waals surface area contributed by atoms with E-state index >= 15 is 0 Å². The Morgan fingerprint density at radius 2 is 2.31 bits per heavy atom. The Labute approximate surface area is 94.6 Å². The van der Waals surface area contributed by atoms with Crippen molar-refractivity contribution in [2.45, 2.75) is 33.2 Å². The zero-order valence-corrected chi connectivity index (χ0v) is 9.82. The molecule has 1 atom stereocenters. The van der Waals surface area contributed by atoms with E-state index in [-0.39, 0.29) is 0 Å². The maximum atomic E-state index is 11.3. The highest BCUT2D eigenvalue weighted by atomic mass is 16.7. The first-order chi connectivity index (χ1) is 7.45. The smallest absolute Gasteiger partial charge is 0.324 e. The Morgan fingerprint density at radius 3 is 2.75 bits per heavy atom. The molecule has 0 saturated carbocycles. The molecule has 1 unspecified atom stereocenters. The lowest BCUT2D eigenvalue weighted by Crippen LogP contribution is -2.55. The van der Waals surface area contributed by atoms with E-state index in [1.54, 1.807) is 20.8 Å². The van der Waals surface area contributed by atoms with Crippen LogP contribution >= 0.6 is 0 Å². The summed E-state index contributed by atoms with van der Waals surface area (Å²) in [4.78, 5) is 27.3. The van der Waals surface area contributed by atoms with Crippen LogP contribution in [-0.4, -0.2) is 41.3 Å². The molecule has 0 bridgehead atoms. The predicted molar refractivity (Wildman–Crippen MR) is 57.4 cm³/mol. The van der Waals surface area contributed by atoms with Crippen molar-refractivity contribution in [1.29, 1.82) is 0 Å². The van der Waals surface area contributed by atoms with Crippen LogP contribution in [0.2, 0.25) is 0 Å². The quantitative estimate of drug-likeness (QED) is 0.725. The fourth-order valence-corrected chi connectivity index (χ4v) is 2.12. The third-order valence-electron chi connectivity index (χ3n) is 2.98. The highest BCUT2D eigenvalue weighted by Crippen LogP contribution is 2.38. The highest BCUT2D eigenvalue weighted by Gasteiger charge is 2.47. The summed E-state index contributed by atoms with van der Waals surface area (Å²) < 4.78 is 0. The molecule has 0 radical (unpaired) electrons. The summed E-state index contributed by atoms with van der Waals surface area (Å²) in [5.74, 6) is 0.882. The molecule has 1 heterocycles. The third-order valence-corrected chi connectivity index (χ3v) is 2.98. The monoisotopic (exact) mass is 227 g/mol. The second kappa shape index (κ2) is 4.78. The average molecular weight is 227 g/mol. The van der Waals surface area contributed by atoms with E-state index in [0.29, 0.717) is 25.1 Å². The van der Waals surface area contributed by atoms with Crippen LogP contribution in [0.3, 0.4) is 0 Å². The van der Waals surface area contributed by atoms with Crippen molar-refractivity contribution in [3.63, 3.8) is 0 Å². The van der Waals surface area contributed by atoms with Gasteiger partial charge in [-0.05, 0) is 13.3 Å². The van der Waals surface area contributed by atoms with Crippen LogP contribution in [0, 0.1) is 5.41 Å². The maximum absolute atomic E-state index is 11.3. The summed E-state index contributed by atoms with van der Waals surface area (Å²) in [6, 6.07) is -0.836. The lowest BCUT2D eigenvalue weighted by molar-refractivity contribution is -0.217. The fraction of sp³-hybridized carbons (Fsp3) is 0.727. The summed E-state index contributed by atoms with van der Waals surface area (Å²) in [5.41, 5.74) is -0.239. The Kier molecular flexibility index (Phi) is 3.86. The fourth-order valence-electron chi connectivity index (χ4n) is 2.12. The van der Waals surface area contributed by atoms with Crippen LogP contribution in [0.4, 0.5) is 0 Å². The molecule has 1 saturated heterocycles. The van der Waals surface area contributed by atoms with Crippen molar-refractivity contribution in [3.8, 4) is 0 Å². The summed E-state index contributed by atoms with van der Waals surface area (Å²) in [5, 5.41) is 10.7. The Balaban J connectivity index is 3.06. The molecule has 1 N–H and O–H groups in total. The van der Waals surface area contributed by atoms with E-state index in [0.717, 1.165) is 0 Å². The minimum atomic E-state index is -0.981. The second-order valence-electron chi connectivity index (χ2n) is 4.35. The minimum absolute atomic E-state index is 0.415.